The lowest BCUT2D eigenvalue weighted by molar-refractivity contribution is -0.153. The maximum absolute atomic E-state index is 12.4. The number of hydrogen-bond donors (Lipinski definition) is 0. The summed E-state index contributed by atoms with van der Waals surface area (Å²) in [7, 11) is 0. The molecule has 4 heteroatoms. The number of carbonyl (C=O) groups is 2. The molecule has 1 aliphatic carbocycles. The van der Waals surface area contributed by atoms with E-state index in [1.165, 1.54) is 0 Å². The van der Waals surface area contributed by atoms with Gasteiger partial charge in [-0.05, 0) is 25.8 Å². The Morgan fingerprint density at radius 3 is 2.68 bits per heavy atom. The van der Waals surface area contributed by atoms with Gasteiger partial charge in [0.15, 0.2) is 5.78 Å². The van der Waals surface area contributed by atoms with Gasteiger partial charge in [-0.15, -0.1) is 0 Å². The smallest absolute Gasteiger partial charge is 0.348 e. The van der Waals surface area contributed by atoms with Crippen molar-refractivity contribution in [2.45, 2.75) is 45.1 Å². The normalized spacial score (nSPS) is 24.0. The monoisotopic (exact) mass is 300 g/mol. The van der Waals surface area contributed by atoms with Gasteiger partial charge in [0.05, 0.1) is 12.5 Å². The number of esters is 1. The maximum atomic E-state index is 12.4. The molecule has 0 unspecified atom stereocenters. The third-order valence-electron chi connectivity index (χ3n) is 4.25. The van der Waals surface area contributed by atoms with Crippen molar-refractivity contribution in [1.29, 1.82) is 0 Å². The van der Waals surface area contributed by atoms with E-state index >= 15 is 0 Å². The summed E-state index contributed by atoms with van der Waals surface area (Å²) >= 11 is 0. The van der Waals surface area contributed by atoms with Gasteiger partial charge in [-0.3, -0.25) is 4.79 Å². The second-order valence-corrected chi connectivity index (χ2v) is 5.79. The fourth-order valence-electron chi connectivity index (χ4n) is 3.20. The number of rotatable bonds is 3. The van der Waals surface area contributed by atoms with Gasteiger partial charge in [0.1, 0.15) is 5.76 Å². The number of benzene rings is 1. The summed E-state index contributed by atoms with van der Waals surface area (Å²) in [5.74, 6) is 0.0382. The topological polar surface area (TPSA) is 52.6 Å². The first-order valence-corrected chi connectivity index (χ1v) is 7.78. The lowest BCUT2D eigenvalue weighted by Gasteiger charge is -2.20. The van der Waals surface area contributed by atoms with E-state index in [-0.39, 0.29) is 11.7 Å². The van der Waals surface area contributed by atoms with Crippen molar-refractivity contribution in [2.24, 2.45) is 0 Å². The highest BCUT2D eigenvalue weighted by molar-refractivity contribution is 6.00. The second kappa shape index (κ2) is 5.95. The van der Waals surface area contributed by atoms with Crippen LogP contribution < -0.4 is 0 Å². The molecule has 0 saturated carbocycles. The molecule has 0 spiro atoms. The lowest BCUT2D eigenvalue weighted by atomic mass is 9.81. The minimum atomic E-state index is -0.741. The van der Waals surface area contributed by atoms with Gasteiger partial charge in [-0.25, -0.2) is 4.79 Å². The molecule has 22 heavy (non-hydrogen) atoms. The molecule has 0 fully saturated rings. The molecule has 116 valence electrons. The minimum absolute atomic E-state index is 0.0959. The van der Waals surface area contributed by atoms with Crippen LogP contribution in [0.15, 0.2) is 35.6 Å². The summed E-state index contributed by atoms with van der Waals surface area (Å²) in [6, 6.07) is 7.91. The highest BCUT2D eigenvalue weighted by Crippen LogP contribution is 2.44. The van der Waals surface area contributed by atoms with E-state index in [1.807, 2.05) is 31.2 Å². The molecular formula is C18H20O4. The van der Waals surface area contributed by atoms with Crippen LogP contribution in [0.4, 0.5) is 0 Å². The van der Waals surface area contributed by atoms with Crippen molar-refractivity contribution in [3.63, 3.8) is 0 Å². The molecule has 1 aliphatic heterocycles. The molecule has 0 amide bonds. The van der Waals surface area contributed by atoms with Crippen molar-refractivity contribution in [3.8, 4) is 0 Å². The standard InChI is InChI=1S/C18H20O4/c1-3-21-18(20)17-15(12-9-7-11(2)8-10-12)16-13(19)5-4-6-14(16)22-17/h7-10,15,17H,3-6H2,1-2H3/t15-,17-/m0/s1. The van der Waals surface area contributed by atoms with Gasteiger partial charge in [0.2, 0.25) is 6.10 Å². The van der Waals surface area contributed by atoms with E-state index in [4.69, 9.17) is 9.47 Å². The van der Waals surface area contributed by atoms with Crippen LogP contribution in [0.25, 0.3) is 0 Å². The zero-order valence-electron chi connectivity index (χ0n) is 12.9. The fraction of sp³-hybridized carbons (Fsp3) is 0.444. The first kappa shape index (κ1) is 14.8. The first-order valence-electron chi connectivity index (χ1n) is 7.78. The average Bonchev–Trinajstić information content (AvgIpc) is 2.89. The van der Waals surface area contributed by atoms with Crippen LogP contribution in [0.1, 0.15) is 43.2 Å². The van der Waals surface area contributed by atoms with Gasteiger partial charge in [0.25, 0.3) is 0 Å². The van der Waals surface area contributed by atoms with Crippen molar-refractivity contribution in [3.05, 3.63) is 46.7 Å². The molecule has 0 N–H and O–H groups in total. The van der Waals surface area contributed by atoms with Gasteiger partial charge < -0.3 is 9.47 Å². The zero-order valence-corrected chi connectivity index (χ0v) is 12.9. The van der Waals surface area contributed by atoms with E-state index in [0.29, 0.717) is 24.4 Å². The number of ketones is 1. The molecule has 1 aromatic rings. The van der Waals surface area contributed by atoms with Crippen molar-refractivity contribution in [2.75, 3.05) is 6.61 Å². The molecule has 0 bridgehead atoms. The minimum Gasteiger partial charge on any atom is -0.482 e. The molecule has 2 atom stereocenters. The average molecular weight is 300 g/mol. The lowest BCUT2D eigenvalue weighted by Crippen LogP contribution is -2.30. The summed E-state index contributed by atoms with van der Waals surface area (Å²) < 4.78 is 11.0. The fourth-order valence-corrected chi connectivity index (χ4v) is 3.20. The number of allylic oxidation sites excluding steroid dienone is 1. The van der Waals surface area contributed by atoms with Crippen LogP contribution in [0, 0.1) is 6.92 Å². The zero-order chi connectivity index (χ0) is 15.7. The van der Waals surface area contributed by atoms with Crippen molar-refractivity contribution < 1.29 is 19.1 Å². The highest BCUT2D eigenvalue weighted by Gasteiger charge is 2.46. The molecule has 3 rings (SSSR count). The van der Waals surface area contributed by atoms with E-state index in [2.05, 4.69) is 0 Å². The second-order valence-electron chi connectivity index (χ2n) is 5.79. The summed E-state index contributed by atoms with van der Waals surface area (Å²) in [5.41, 5.74) is 2.75. The summed E-state index contributed by atoms with van der Waals surface area (Å²) in [6.07, 6.45) is 1.29. The van der Waals surface area contributed by atoms with Crippen molar-refractivity contribution in [1.82, 2.24) is 0 Å². The molecule has 1 aromatic carbocycles. The van der Waals surface area contributed by atoms with E-state index in [0.717, 1.165) is 24.0 Å². The Labute approximate surface area is 130 Å². The Hall–Kier alpha value is -2.10. The van der Waals surface area contributed by atoms with E-state index in [9.17, 15) is 9.59 Å². The Kier molecular flexibility index (Phi) is 4.01. The molecule has 4 nitrogen and oxygen atoms in total. The number of hydrogen-bond acceptors (Lipinski definition) is 4. The molecular weight excluding hydrogens is 280 g/mol. The summed E-state index contributed by atoms with van der Waals surface area (Å²) in [6.45, 7) is 4.08. The van der Waals surface area contributed by atoms with E-state index in [1.54, 1.807) is 6.92 Å². The van der Waals surface area contributed by atoms with Crippen molar-refractivity contribution >= 4 is 11.8 Å². The number of aryl methyl sites for hydroxylation is 1. The Balaban J connectivity index is 2.01. The molecule has 0 saturated heterocycles. The Bertz CT molecular complexity index is 627. The Morgan fingerprint density at radius 2 is 2.00 bits per heavy atom. The van der Waals surface area contributed by atoms with Crippen LogP contribution in [-0.4, -0.2) is 24.5 Å². The van der Waals surface area contributed by atoms with Gasteiger partial charge in [0, 0.05) is 18.4 Å². The maximum Gasteiger partial charge on any atom is 0.348 e. The Morgan fingerprint density at radius 1 is 1.27 bits per heavy atom. The third-order valence-corrected chi connectivity index (χ3v) is 4.25. The molecule has 0 aromatic heterocycles. The molecule has 0 radical (unpaired) electrons. The van der Waals surface area contributed by atoms with Gasteiger partial charge in [-0.2, -0.15) is 0 Å². The van der Waals surface area contributed by atoms with Gasteiger partial charge >= 0.3 is 5.97 Å². The third kappa shape index (κ3) is 2.54. The molecule has 2 aliphatic rings. The quantitative estimate of drug-likeness (QED) is 0.805. The highest BCUT2D eigenvalue weighted by atomic mass is 16.6. The predicted octanol–water partition coefficient (Wildman–Crippen LogP) is 3.05. The number of carbonyl (C=O) groups excluding carboxylic acids is 2. The molecule has 1 heterocycles. The summed E-state index contributed by atoms with van der Waals surface area (Å²) in [5, 5.41) is 0. The largest absolute Gasteiger partial charge is 0.482 e. The van der Waals surface area contributed by atoms with E-state index < -0.39 is 12.1 Å². The number of ether oxygens (including phenoxy) is 2. The summed E-state index contributed by atoms with van der Waals surface area (Å²) in [4.78, 5) is 24.6. The van der Waals surface area contributed by atoms with Crippen LogP contribution in [0.2, 0.25) is 0 Å². The van der Waals surface area contributed by atoms with Crippen LogP contribution in [0.5, 0.6) is 0 Å². The SMILES string of the molecule is CCOC(=O)[C@H]1OC2=C(C(=O)CCC2)[C@@H]1c1ccc(C)cc1. The first-order chi connectivity index (χ1) is 10.6. The van der Waals surface area contributed by atoms with Crippen LogP contribution in [0.3, 0.4) is 0 Å². The van der Waals surface area contributed by atoms with Gasteiger partial charge in [-0.1, -0.05) is 29.8 Å². The number of Topliss-reactive ketones (excluding diaryl/α,β-unsaturated/α-hetero) is 1. The van der Waals surface area contributed by atoms with Crippen LogP contribution in [-0.2, 0) is 19.1 Å². The predicted molar refractivity (Wildman–Crippen MR) is 81.3 cm³/mol. The van der Waals surface area contributed by atoms with Crippen LogP contribution >= 0.6 is 0 Å².